The van der Waals surface area contributed by atoms with Crippen molar-refractivity contribution in [3.63, 3.8) is 0 Å². The maximum absolute atomic E-state index is 14.1. The van der Waals surface area contributed by atoms with Crippen molar-refractivity contribution in [3.05, 3.63) is 29.6 Å². The van der Waals surface area contributed by atoms with Gasteiger partial charge in [0.2, 0.25) is 0 Å². The lowest BCUT2D eigenvalue weighted by Gasteiger charge is -2.27. The number of methoxy groups -OCH3 is 1. The Labute approximate surface area is 109 Å². The summed E-state index contributed by atoms with van der Waals surface area (Å²) >= 11 is 3.72. The predicted octanol–water partition coefficient (Wildman–Crippen LogP) is 2.68. The minimum Gasteiger partial charge on any atom is -0.494 e. The van der Waals surface area contributed by atoms with E-state index in [0.717, 1.165) is 17.3 Å². The molecule has 5 heteroatoms. The molecule has 1 aromatic rings. The van der Waals surface area contributed by atoms with Crippen LogP contribution < -0.4 is 10.5 Å². The molecule has 1 aliphatic rings. The van der Waals surface area contributed by atoms with Crippen molar-refractivity contribution in [1.82, 2.24) is 0 Å². The van der Waals surface area contributed by atoms with Gasteiger partial charge in [0, 0.05) is 34.1 Å². The molecule has 17 heavy (non-hydrogen) atoms. The van der Waals surface area contributed by atoms with Crippen LogP contribution in [0.2, 0.25) is 0 Å². The third kappa shape index (κ3) is 2.89. The zero-order valence-electron chi connectivity index (χ0n) is 9.69. The average Bonchev–Trinajstić information content (AvgIpc) is 2.39. The monoisotopic (exact) mass is 273 g/mol. The number of hydrogen-bond acceptors (Lipinski definition) is 4. The van der Waals surface area contributed by atoms with Crippen molar-refractivity contribution in [3.8, 4) is 5.75 Å². The van der Waals surface area contributed by atoms with Gasteiger partial charge < -0.3 is 10.5 Å². The van der Waals surface area contributed by atoms with Crippen molar-refractivity contribution in [2.45, 2.75) is 11.3 Å². The number of thioether (sulfide) groups is 2. The van der Waals surface area contributed by atoms with Crippen molar-refractivity contribution >= 4 is 23.5 Å². The fraction of sp³-hybridized carbons (Fsp3) is 0.500. The first-order valence-electron chi connectivity index (χ1n) is 5.51. The number of halogens is 1. The van der Waals surface area contributed by atoms with E-state index in [0.29, 0.717) is 5.56 Å². The topological polar surface area (TPSA) is 35.2 Å². The van der Waals surface area contributed by atoms with Crippen LogP contribution in [-0.4, -0.2) is 29.6 Å². The molecule has 0 bridgehead atoms. The Balaban J connectivity index is 2.20. The lowest BCUT2D eigenvalue weighted by Crippen LogP contribution is -2.29. The minimum absolute atomic E-state index is 0.261. The van der Waals surface area contributed by atoms with Crippen LogP contribution in [0, 0.1) is 5.82 Å². The number of rotatable bonds is 3. The molecule has 2 unspecified atom stereocenters. The molecular weight excluding hydrogens is 257 g/mol. The molecule has 1 aliphatic heterocycles. The molecule has 0 saturated carbocycles. The van der Waals surface area contributed by atoms with E-state index >= 15 is 0 Å². The summed E-state index contributed by atoms with van der Waals surface area (Å²) in [6.45, 7) is 0. The van der Waals surface area contributed by atoms with Crippen LogP contribution in [0.4, 0.5) is 4.39 Å². The van der Waals surface area contributed by atoms with E-state index < -0.39 is 0 Å². The minimum atomic E-state index is -0.321. The lowest BCUT2D eigenvalue weighted by molar-refractivity contribution is 0.382. The number of ether oxygens (including phenoxy) is 1. The second-order valence-corrected chi connectivity index (χ2v) is 6.37. The van der Waals surface area contributed by atoms with E-state index in [4.69, 9.17) is 10.5 Å². The van der Waals surface area contributed by atoms with Gasteiger partial charge in [-0.25, -0.2) is 4.39 Å². The summed E-state index contributed by atoms with van der Waals surface area (Å²) in [5.41, 5.74) is 6.72. The van der Waals surface area contributed by atoms with E-state index in [1.54, 1.807) is 18.2 Å². The molecule has 0 aromatic heterocycles. The second-order valence-electron chi connectivity index (χ2n) is 3.87. The first-order valence-corrected chi connectivity index (χ1v) is 7.71. The third-order valence-corrected chi connectivity index (χ3v) is 5.70. The fourth-order valence-corrected chi connectivity index (χ4v) is 4.65. The summed E-state index contributed by atoms with van der Waals surface area (Å²) in [5, 5.41) is 0.287. The highest BCUT2D eigenvalue weighted by molar-refractivity contribution is 8.06. The smallest absolute Gasteiger partial charge is 0.169 e. The van der Waals surface area contributed by atoms with Crippen molar-refractivity contribution in [2.75, 3.05) is 24.4 Å². The molecule has 2 atom stereocenters. The Bertz CT molecular complexity index is 383. The fourth-order valence-electron chi connectivity index (χ4n) is 1.86. The second kappa shape index (κ2) is 5.98. The van der Waals surface area contributed by atoms with Crippen LogP contribution in [0.1, 0.15) is 11.6 Å². The summed E-state index contributed by atoms with van der Waals surface area (Å²) in [6.07, 6.45) is 0. The van der Waals surface area contributed by atoms with Crippen LogP contribution in [0.15, 0.2) is 18.2 Å². The molecule has 0 aliphatic carbocycles. The molecule has 2 nitrogen and oxygen atoms in total. The Hall–Kier alpha value is -0.390. The number of benzene rings is 1. The van der Waals surface area contributed by atoms with E-state index in [1.807, 2.05) is 23.5 Å². The van der Waals surface area contributed by atoms with Gasteiger partial charge in [-0.1, -0.05) is 12.1 Å². The molecular formula is C12H16FNOS2. The molecule has 0 amide bonds. The first-order chi connectivity index (χ1) is 8.24. The summed E-state index contributed by atoms with van der Waals surface area (Å²) < 4.78 is 19.0. The van der Waals surface area contributed by atoms with Crippen LogP contribution in [0.5, 0.6) is 5.75 Å². The van der Waals surface area contributed by atoms with E-state index in [2.05, 4.69) is 0 Å². The SMILES string of the molecule is COc1cccc(C(N)C2CSCCS2)c1F. The highest BCUT2D eigenvalue weighted by atomic mass is 32.2. The molecule has 94 valence electrons. The maximum Gasteiger partial charge on any atom is 0.169 e. The molecule has 0 radical (unpaired) electrons. The summed E-state index contributed by atoms with van der Waals surface area (Å²) in [5.74, 6) is 3.19. The summed E-state index contributed by atoms with van der Waals surface area (Å²) in [7, 11) is 1.47. The molecule has 1 aromatic carbocycles. The first kappa shape index (κ1) is 13.1. The summed E-state index contributed by atoms with van der Waals surface area (Å²) in [6, 6.07) is 4.90. The zero-order valence-corrected chi connectivity index (χ0v) is 11.3. The predicted molar refractivity (Wildman–Crippen MR) is 73.5 cm³/mol. The van der Waals surface area contributed by atoms with Crippen molar-refractivity contribution in [1.29, 1.82) is 0 Å². The van der Waals surface area contributed by atoms with Gasteiger partial charge in [-0.3, -0.25) is 0 Å². The Kier molecular flexibility index (Phi) is 4.59. The molecule has 0 spiro atoms. The average molecular weight is 273 g/mol. The van der Waals surface area contributed by atoms with Crippen molar-refractivity contribution in [2.24, 2.45) is 5.73 Å². The highest BCUT2D eigenvalue weighted by Crippen LogP contribution is 2.34. The van der Waals surface area contributed by atoms with Gasteiger partial charge in [0.05, 0.1) is 7.11 Å². The van der Waals surface area contributed by atoms with E-state index in [1.165, 1.54) is 7.11 Å². The van der Waals surface area contributed by atoms with E-state index in [9.17, 15) is 4.39 Å². The molecule has 1 heterocycles. The van der Waals surface area contributed by atoms with E-state index in [-0.39, 0.29) is 22.9 Å². The lowest BCUT2D eigenvalue weighted by atomic mass is 10.0. The standard InChI is InChI=1S/C12H16FNOS2/c1-15-9-4-2-3-8(11(9)13)12(14)10-7-16-5-6-17-10/h2-4,10,12H,5-7,14H2,1H3. The molecule has 1 saturated heterocycles. The summed E-state index contributed by atoms with van der Waals surface area (Å²) in [4.78, 5) is 0. The van der Waals surface area contributed by atoms with Gasteiger partial charge >= 0.3 is 0 Å². The van der Waals surface area contributed by atoms with Crippen molar-refractivity contribution < 1.29 is 9.13 Å². The quantitative estimate of drug-likeness (QED) is 0.918. The third-order valence-electron chi connectivity index (χ3n) is 2.81. The Morgan fingerprint density at radius 3 is 2.94 bits per heavy atom. The normalized spacial score (nSPS) is 22.2. The van der Waals surface area contributed by atoms with Crippen LogP contribution >= 0.6 is 23.5 Å². The van der Waals surface area contributed by atoms with Gasteiger partial charge in [0.25, 0.3) is 0 Å². The van der Waals surface area contributed by atoms with Gasteiger partial charge in [0.15, 0.2) is 11.6 Å². The highest BCUT2D eigenvalue weighted by Gasteiger charge is 2.25. The molecule has 2 rings (SSSR count). The van der Waals surface area contributed by atoms with Gasteiger partial charge in [-0.15, -0.1) is 0 Å². The Morgan fingerprint density at radius 1 is 1.47 bits per heavy atom. The van der Waals surface area contributed by atoms with Crippen LogP contribution in [0.3, 0.4) is 0 Å². The van der Waals surface area contributed by atoms with Gasteiger partial charge in [0.1, 0.15) is 0 Å². The van der Waals surface area contributed by atoms with Crippen LogP contribution in [0.25, 0.3) is 0 Å². The Morgan fingerprint density at radius 2 is 2.29 bits per heavy atom. The van der Waals surface area contributed by atoms with Gasteiger partial charge in [-0.05, 0) is 6.07 Å². The molecule has 2 N–H and O–H groups in total. The number of nitrogens with two attached hydrogens (primary N) is 1. The van der Waals surface area contributed by atoms with Crippen LogP contribution in [-0.2, 0) is 0 Å². The zero-order chi connectivity index (χ0) is 12.3. The number of hydrogen-bond donors (Lipinski definition) is 1. The van der Waals surface area contributed by atoms with Gasteiger partial charge in [-0.2, -0.15) is 23.5 Å². The largest absolute Gasteiger partial charge is 0.494 e. The molecule has 1 fully saturated rings. The maximum atomic E-state index is 14.1.